The molecule has 1 aliphatic heterocycles. The van der Waals surface area contributed by atoms with E-state index in [1.54, 1.807) is 11.0 Å². The largest absolute Gasteiger partial charge is 0.348 e. The Kier molecular flexibility index (Phi) is 7.84. The number of amides is 2. The zero-order chi connectivity index (χ0) is 25.8. The van der Waals surface area contributed by atoms with Gasteiger partial charge >= 0.3 is 0 Å². The van der Waals surface area contributed by atoms with Gasteiger partial charge < -0.3 is 10.2 Å². The fourth-order valence-electron chi connectivity index (χ4n) is 4.04. The Labute approximate surface area is 205 Å². The topological polar surface area (TPSA) is 101 Å². The molecule has 0 radical (unpaired) electrons. The Morgan fingerprint density at radius 2 is 1.77 bits per heavy atom. The quantitative estimate of drug-likeness (QED) is 0.550. The Hall–Kier alpha value is -3.81. The molecule has 8 nitrogen and oxygen atoms in total. The molecule has 0 aliphatic carbocycles. The van der Waals surface area contributed by atoms with Crippen LogP contribution >= 0.6 is 0 Å². The maximum absolute atomic E-state index is 13.2. The van der Waals surface area contributed by atoms with Crippen LogP contribution in [0.4, 0.5) is 0 Å². The third-order valence-electron chi connectivity index (χ3n) is 5.79. The van der Waals surface area contributed by atoms with Crippen LogP contribution in [0.2, 0.25) is 0 Å². The van der Waals surface area contributed by atoms with Gasteiger partial charge in [0.15, 0.2) is 6.29 Å². The molecule has 0 bridgehead atoms. The summed E-state index contributed by atoms with van der Waals surface area (Å²) in [5.74, 6) is -0.763. The van der Waals surface area contributed by atoms with Gasteiger partial charge in [-0.3, -0.25) is 23.7 Å². The van der Waals surface area contributed by atoms with E-state index in [1.807, 2.05) is 45.0 Å². The Bertz CT molecular complexity index is 1300. The molecule has 184 valence electrons. The number of carbonyl (C=O) groups is 3. The molecular formula is C27H32N4O4. The summed E-state index contributed by atoms with van der Waals surface area (Å²) in [7, 11) is 0. The van der Waals surface area contributed by atoms with Gasteiger partial charge in [0.25, 0.3) is 11.5 Å². The highest BCUT2D eigenvalue weighted by Crippen LogP contribution is 2.28. The minimum atomic E-state index is -0.594. The minimum absolute atomic E-state index is 0.0531. The molecule has 0 atom stereocenters. The van der Waals surface area contributed by atoms with E-state index in [1.165, 1.54) is 16.8 Å². The van der Waals surface area contributed by atoms with Gasteiger partial charge in [-0.25, -0.2) is 4.98 Å². The molecular weight excluding hydrogens is 444 g/mol. The van der Waals surface area contributed by atoms with E-state index in [0.717, 1.165) is 11.1 Å². The molecule has 3 aromatic rings. The normalized spacial score (nSPS) is 13.9. The van der Waals surface area contributed by atoms with Gasteiger partial charge in [0.2, 0.25) is 5.91 Å². The molecule has 1 aliphatic rings. The first-order valence-electron chi connectivity index (χ1n) is 11.8. The molecule has 2 aromatic heterocycles. The van der Waals surface area contributed by atoms with Crippen LogP contribution in [-0.2, 0) is 17.9 Å². The molecule has 1 N–H and O–H groups in total. The molecule has 35 heavy (non-hydrogen) atoms. The van der Waals surface area contributed by atoms with E-state index in [0.29, 0.717) is 30.3 Å². The summed E-state index contributed by atoms with van der Waals surface area (Å²) in [6, 6.07) is 10.7. The number of hydrogen-bond acceptors (Lipinski definition) is 5. The zero-order valence-corrected chi connectivity index (χ0v) is 20.9. The van der Waals surface area contributed by atoms with E-state index < -0.39 is 11.5 Å². The number of rotatable bonds is 6. The van der Waals surface area contributed by atoms with Crippen molar-refractivity contribution in [3.63, 3.8) is 0 Å². The first kappa shape index (κ1) is 25.8. The van der Waals surface area contributed by atoms with E-state index in [9.17, 15) is 19.2 Å². The summed E-state index contributed by atoms with van der Waals surface area (Å²) in [5.41, 5.74) is 1.94. The van der Waals surface area contributed by atoms with Crippen LogP contribution in [0.1, 0.15) is 59.5 Å². The molecule has 1 aromatic carbocycles. The number of aldehydes is 1. The van der Waals surface area contributed by atoms with Crippen molar-refractivity contribution in [2.24, 2.45) is 5.41 Å². The SMILES string of the molecule is CC.Cc1ccc(CNC(=O)c2cc3cc(C=O)cnc3n(CC(=O)N3CC(C)(C)C3)c2=O)cc1. The van der Waals surface area contributed by atoms with Crippen LogP contribution in [0.3, 0.4) is 0 Å². The number of fused-ring (bicyclic) bond motifs is 1. The monoisotopic (exact) mass is 476 g/mol. The molecule has 2 amide bonds. The molecule has 3 heterocycles. The second-order valence-electron chi connectivity index (χ2n) is 9.33. The Morgan fingerprint density at radius 3 is 2.37 bits per heavy atom. The van der Waals surface area contributed by atoms with Gasteiger partial charge in [-0.15, -0.1) is 0 Å². The van der Waals surface area contributed by atoms with Crippen LogP contribution < -0.4 is 10.9 Å². The van der Waals surface area contributed by atoms with Gasteiger partial charge in [-0.2, -0.15) is 0 Å². The van der Waals surface area contributed by atoms with Crippen molar-refractivity contribution in [3.8, 4) is 0 Å². The summed E-state index contributed by atoms with van der Waals surface area (Å²) in [5, 5.41) is 3.21. The smallest absolute Gasteiger partial charge is 0.265 e. The molecule has 1 fully saturated rings. The van der Waals surface area contributed by atoms with Crippen LogP contribution in [-0.4, -0.2) is 45.6 Å². The lowest BCUT2D eigenvalue weighted by Crippen LogP contribution is -2.56. The summed E-state index contributed by atoms with van der Waals surface area (Å²) in [6.07, 6.45) is 1.99. The number of hydrogen-bond donors (Lipinski definition) is 1. The number of aromatic nitrogens is 2. The predicted octanol–water partition coefficient (Wildman–Crippen LogP) is 3.34. The van der Waals surface area contributed by atoms with Crippen LogP contribution in [0.15, 0.2) is 47.4 Å². The average Bonchev–Trinajstić information content (AvgIpc) is 2.84. The lowest BCUT2D eigenvalue weighted by molar-refractivity contribution is -0.142. The molecule has 0 spiro atoms. The number of nitrogens with zero attached hydrogens (tertiary/aromatic N) is 3. The molecule has 0 unspecified atom stereocenters. The van der Waals surface area contributed by atoms with Gasteiger partial charge in [0, 0.05) is 36.8 Å². The number of aryl methyl sites for hydroxylation is 1. The van der Waals surface area contributed by atoms with Crippen molar-refractivity contribution in [1.82, 2.24) is 19.8 Å². The minimum Gasteiger partial charge on any atom is -0.348 e. The highest BCUT2D eigenvalue weighted by atomic mass is 16.2. The van der Waals surface area contributed by atoms with Crippen molar-refractivity contribution < 1.29 is 14.4 Å². The number of benzene rings is 1. The van der Waals surface area contributed by atoms with E-state index in [4.69, 9.17) is 0 Å². The first-order chi connectivity index (χ1) is 16.7. The second kappa shape index (κ2) is 10.6. The highest BCUT2D eigenvalue weighted by Gasteiger charge is 2.37. The zero-order valence-electron chi connectivity index (χ0n) is 20.9. The van der Waals surface area contributed by atoms with Gasteiger partial charge in [-0.05, 0) is 30.0 Å². The van der Waals surface area contributed by atoms with Gasteiger partial charge in [0.05, 0.1) is 0 Å². The maximum atomic E-state index is 13.2. The summed E-state index contributed by atoms with van der Waals surface area (Å²) in [6.45, 7) is 11.4. The Morgan fingerprint density at radius 1 is 1.11 bits per heavy atom. The third kappa shape index (κ3) is 5.82. The molecule has 0 saturated carbocycles. The Balaban J connectivity index is 0.00000167. The number of nitrogens with one attached hydrogen (secondary N) is 1. The van der Waals surface area contributed by atoms with E-state index in [-0.39, 0.29) is 35.6 Å². The van der Waals surface area contributed by atoms with Gasteiger partial charge in [0.1, 0.15) is 17.8 Å². The lowest BCUT2D eigenvalue weighted by atomic mass is 9.84. The lowest BCUT2D eigenvalue weighted by Gasteiger charge is -2.45. The van der Waals surface area contributed by atoms with Crippen molar-refractivity contribution in [1.29, 1.82) is 0 Å². The van der Waals surface area contributed by atoms with Crippen LogP contribution in [0, 0.1) is 12.3 Å². The first-order valence-corrected chi connectivity index (χ1v) is 11.8. The molecule has 4 rings (SSSR count). The van der Waals surface area contributed by atoms with E-state index in [2.05, 4.69) is 24.1 Å². The van der Waals surface area contributed by atoms with Crippen LogP contribution in [0.25, 0.3) is 11.0 Å². The number of pyridine rings is 2. The summed E-state index contributed by atoms with van der Waals surface area (Å²) >= 11 is 0. The van der Waals surface area contributed by atoms with Crippen LogP contribution in [0.5, 0.6) is 0 Å². The van der Waals surface area contributed by atoms with Crippen molar-refractivity contribution >= 4 is 29.1 Å². The summed E-state index contributed by atoms with van der Waals surface area (Å²) in [4.78, 5) is 56.1. The average molecular weight is 477 g/mol. The predicted molar refractivity (Wildman–Crippen MR) is 135 cm³/mol. The highest BCUT2D eigenvalue weighted by molar-refractivity contribution is 5.97. The number of carbonyl (C=O) groups excluding carboxylic acids is 3. The number of likely N-dealkylation sites (tertiary alicyclic amines) is 1. The molecule has 1 saturated heterocycles. The maximum Gasteiger partial charge on any atom is 0.265 e. The third-order valence-corrected chi connectivity index (χ3v) is 5.79. The fraction of sp³-hybridized carbons (Fsp3) is 0.370. The van der Waals surface area contributed by atoms with E-state index >= 15 is 0 Å². The van der Waals surface area contributed by atoms with Crippen molar-refractivity contribution in [2.75, 3.05) is 13.1 Å². The van der Waals surface area contributed by atoms with Crippen molar-refractivity contribution in [3.05, 3.63) is 75.2 Å². The van der Waals surface area contributed by atoms with Crippen molar-refractivity contribution in [2.45, 2.75) is 47.7 Å². The van der Waals surface area contributed by atoms with Gasteiger partial charge in [-0.1, -0.05) is 57.5 Å². The second-order valence-corrected chi connectivity index (χ2v) is 9.33. The molecule has 8 heteroatoms. The summed E-state index contributed by atoms with van der Waals surface area (Å²) < 4.78 is 1.22. The fourth-order valence-corrected chi connectivity index (χ4v) is 4.04. The standard InChI is InChI=1S/C25H26N4O4.C2H6/c1-16-4-6-17(7-5-16)10-27-23(32)20-9-19-8-18(13-30)11-26-22(19)29(24(20)33)12-21(31)28-14-25(2,3)15-28;1-2/h4-9,11,13H,10,12,14-15H2,1-3H3,(H,27,32);1-2H3.